The molecule has 0 bridgehead atoms. The molecule has 230 valence electrons. The number of fused-ring (bicyclic) bond motifs is 5. The SMILES string of the molecule is Cc1cn([C@H]2C[C@H](N=[N+]=[N-])[C@@H](COC(=O)[C@@]3(O)CC[C@H]4[C@@H]5CCC6=CC(=O)C=C[C@]6(C)[C@H]5[C@@H](O)C[C@@]43C)O2)c(=O)[nH]c1=O. The van der Waals surface area contributed by atoms with Crippen molar-refractivity contribution in [3.63, 3.8) is 0 Å². The number of aromatic nitrogens is 2. The highest BCUT2D eigenvalue weighted by Gasteiger charge is 2.69. The van der Waals surface area contributed by atoms with Gasteiger partial charge in [0.05, 0.1) is 12.1 Å². The Bertz CT molecular complexity index is 1590. The first-order valence-corrected chi connectivity index (χ1v) is 14.9. The van der Waals surface area contributed by atoms with Crippen molar-refractivity contribution in [3.05, 3.63) is 66.8 Å². The number of ketones is 1. The number of carbonyl (C=O) groups excluding carboxylic acids is 2. The Morgan fingerprint density at radius 3 is 2.81 bits per heavy atom. The fourth-order valence-corrected chi connectivity index (χ4v) is 8.97. The van der Waals surface area contributed by atoms with Crippen molar-refractivity contribution in [1.29, 1.82) is 0 Å². The Hall–Kier alpha value is -3.51. The normalized spacial score (nSPS) is 41.5. The molecule has 13 nitrogen and oxygen atoms in total. The number of hydrogen-bond acceptors (Lipinski definition) is 9. The molecule has 1 aromatic rings. The fourth-order valence-electron chi connectivity index (χ4n) is 8.97. The smallest absolute Gasteiger partial charge is 0.338 e. The minimum Gasteiger partial charge on any atom is -0.461 e. The van der Waals surface area contributed by atoms with Crippen molar-refractivity contribution in [1.82, 2.24) is 9.55 Å². The van der Waals surface area contributed by atoms with Gasteiger partial charge in [-0.1, -0.05) is 30.6 Å². The van der Waals surface area contributed by atoms with E-state index in [4.69, 9.17) is 15.0 Å². The van der Waals surface area contributed by atoms with Crippen LogP contribution in [0.5, 0.6) is 0 Å². The summed E-state index contributed by atoms with van der Waals surface area (Å²) in [4.78, 5) is 55.0. The zero-order valence-corrected chi connectivity index (χ0v) is 24.4. The number of azide groups is 1. The van der Waals surface area contributed by atoms with Crippen LogP contribution in [0.2, 0.25) is 0 Å². The molecule has 1 saturated heterocycles. The zero-order chi connectivity index (χ0) is 30.9. The number of allylic oxidation sites excluding steroid dienone is 4. The van der Waals surface area contributed by atoms with Gasteiger partial charge in [-0.3, -0.25) is 19.1 Å². The summed E-state index contributed by atoms with van der Waals surface area (Å²) in [6, 6.07) is -0.763. The summed E-state index contributed by atoms with van der Waals surface area (Å²) in [5.41, 5.74) is 5.98. The van der Waals surface area contributed by atoms with Gasteiger partial charge in [0.15, 0.2) is 11.4 Å². The molecular formula is C30H37N5O8. The van der Waals surface area contributed by atoms with Crippen LogP contribution in [0.1, 0.15) is 64.2 Å². The molecule has 4 aliphatic carbocycles. The molecule has 0 unspecified atom stereocenters. The van der Waals surface area contributed by atoms with Crippen molar-refractivity contribution >= 4 is 11.8 Å². The second-order valence-corrected chi connectivity index (χ2v) is 13.3. The number of aryl methyl sites for hydroxylation is 1. The van der Waals surface area contributed by atoms with Crippen LogP contribution >= 0.6 is 0 Å². The Morgan fingerprint density at radius 1 is 1.30 bits per heavy atom. The highest BCUT2D eigenvalue weighted by Crippen LogP contribution is 2.67. The van der Waals surface area contributed by atoms with Crippen molar-refractivity contribution in [3.8, 4) is 0 Å². The van der Waals surface area contributed by atoms with Gasteiger partial charge in [-0.15, -0.1) is 0 Å². The molecule has 5 aliphatic rings. The van der Waals surface area contributed by atoms with Crippen LogP contribution in [0.15, 0.2) is 44.7 Å². The van der Waals surface area contributed by atoms with Gasteiger partial charge in [0, 0.05) is 39.8 Å². The van der Waals surface area contributed by atoms with Crippen LogP contribution in [-0.4, -0.2) is 62.0 Å². The average Bonchev–Trinajstić information content (AvgIpc) is 3.47. The van der Waals surface area contributed by atoms with Crippen LogP contribution in [0.3, 0.4) is 0 Å². The molecule has 0 amide bonds. The maximum absolute atomic E-state index is 13.7. The molecule has 13 heteroatoms. The maximum atomic E-state index is 13.7. The van der Waals surface area contributed by atoms with Gasteiger partial charge in [0.25, 0.3) is 5.56 Å². The van der Waals surface area contributed by atoms with Crippen LogP contribution in [0.25, 0.3) is 10.4 Å². The lowest BCUT2D eigenvalue weighted by Gasteiger charge is -2.59. The molecule has 2 heterocycles. The number of esters is 1. The Balaban J connectivity index is 1.19. The summed E-state index contributed by atoms with van der Waals surface area (Å²) in [7, 11) is 0. The number of hydrogen-bond donors (Lipinski definition) is 3. The number of aliphatic hydroxyl groups excluding tert-OH is 1. The van der Waals surface area contributed by atoms with Crippen molar-refractivity contribution in [2.45, 2.75) is 89.4 Å². The molecule has 6 rings (SSSR count). The summed E-state index contributed by atoms with van der Waals surface area (Å²) in [5, 5.41) is 27.3. The van der Waals surface area contributed by atoms with Gasteiger partial charge in [-0.2, -0.15) is 0 Å². The highest BCUT2D eigenvalue weighted by atomic mass is 16.6. The minimum absolute atomic E-state index is 0.0405. The second kappa shape index (κ2) is 10.3. The van der Waals surface area contributed by atoms with E-state index in [9.17, 15) is 29.4 Å². The first-order valence-electron chi connectivity index (χ1n) is 14.9. The van der Waals surface area contributed by atoms with Crippen LogP contribution in [0.4, 0.5) is 0 Å². The molecule has 0 radical (unpaired) electrons. The highest BCUT2D eigenvalue weighted by molar-refractivity contribution is 6.01. The van der Waals surface area contributed by atoms with E-state index < -0.39 is 58.1 Å². The van der Waals surface area contributed by atoms with E-state index in [1.807, 2.05) is 13.0 Å². The summed E-state index contributed by atoms with van der Waals surface area (Å²) < 4.78 is 12.8. The minimum atomic E-state index is -1.85. The number of nitrogens with zero attached hydrogens (tertiary/aromatic N) is 4. The van der Waals surface area contributed by atoms with E-state index in [-0.39, 0.29) is 49.4 Å². The molecule has 1 aliphatic heterocycles. The molecule has 3 N–H and O–H groups in total. The maximum Gasteiger partial charge on any atom is 0.338 e. The third-order valence-electron chi connectivity index (χ3n) is 11.2. The zero-order valence-electron chi connectivity index (χ0n) is 24.4. The van der Waals surface area contributed by atoms with Crippen LogP contribution < -0.4 is 11.2 Å². The van der Waals surface area contributed by atoms with Gasteiger partial charge < -0.3 is 19.7 Å². The largest absolute Gasteiger partial charge is 0.461 e. The number of H-pyrrole nitrogens is 1. The standard InChI is InChI=1S/C30H37N5O8/c1-15-13-35(27(40)32-25(15)38)23-11-20(33-34-31)22(43-23)14-42-26(39)30(41)9-7-19-18-5-4-16-10-17(36)6-8-28(16,2)24(18)21(37)12-29(19,30)3/h6,8,10,13,18-24,37,41H,4-5,7,9,11-12,14H2,1-3H3,(H,32,38,40)/t18-,19-,20-,21-,22+,23+,24+,28-,29-,30-/m0/s1. The predicted molar refractivity (Wildman–Crippen MR) is 151 cm³/mol. The quantitative estimate of drug-likeness (QED) is 0.199. The Kier molecular flexibility index (Phi) is 7.08. The van der Waals surface area contributed by atoms with E-state index in [2.05, 4.69) is 21.9 Å². The van der Waals surface area contributed by atoms with Gasteiger partial charge in [-0.05, 0) is 68.5 Å². The third kappa shape index (κ3) is 4.44. The van der Waals surface area contributed by atoms with E-state index in [1.54, 1.807) is 19.1 Å². The van der Waals surface area contributed by atoms with Gasteiger partial charge >= 0.3 is 11.7 Å². The van der Waals surface area contributed by atoms with Gasteiger partial charge in [0.1, 0.15) is 18.9 Å². The van der Waals surface area contributed by atoms with Crippen molar-refractivity contribution in [2.24, 2.45) is 33.7 Å². The molecule has 1 aromatic heterocycles. The lowest BCUT2D eigenvalue weighted by atomic mass is 9.46. The monoisotopic (exact) mass is 595 g/mol. The summed E-state index contributed by atoms with van der Waals surface area (Å²) in [5.74, 6) is -0.997. The number of carbonyl (C=O) groups is 2. The Labute approximate surface area is 247 Å². The number of aromatic amines is 1. The first kappa shape index (κ1) is 29.6. The molecule has 0 spiro atoms. The Morgan fingerprint density at radius 2 is 2.07 bits per heavy atom. The first-order chi connectivity index (χ1) is 20.3. The molecule has 10 atom stereocenters. The molecule has 4 fully saturated rings. The number of aliphatic hydroxyl groups is 2. The van der Waals surface area contributed by atoms with Gasteiger partial charge in [-0.25, -0.2) is 9.59 Å². The fraction of sp³-hybridized carbons (Fsp3) is 0.667. The number of nitrogens with one attached hydrogen (secondary N) is 1. The molecule has 3 saturated carbocycles. The lowest BCUT2D eigenvalue weighted by molar-refractivity contribution is -0.200. The average molecular weight is 596 g/mol. The predicted octanol–water partition coefficient (Wildman–Crippen LogP) is 2.36. The van der Waals surface area contributed by atoms with Gasteiger partial charge in [0.2, 0.25) is 0 Å². The van der Waals surface area contributed by atoms with Crippen molar-refractivity contribution < 1.29 is 29.3 Å². The topological polar surface area (TPSA) is 197 Å². The van der Waals surface area contributed by atoms with E-state index >= 15 is 0 Å². The summed E-state index contributed by atoms with van der Waals surface area (Å²) in [6.07, 6.45) is 6.55. The summed E-state index contributed by atoms with van der Waals surface area (Å²) >= 11 is 0. The van der Waals surface area contributed by atoms with Crippen molar-refractivity contribution in [2.75, 3.05) is 6.61 Å². The summed E-state index contributed by atoms with van der Waals surface area (Å²) in [6.45, 7) is 5.15. The van der Waals surface area contributed by atoms with E-state index in [1.165, 1.54) is 10.8 Å². The van der Waals surface area contributed by atoms with E-state index in [0.717, 1.165) is 18.4 Å². The number of ether oxygens (including phenoxy) is 2. The lowest BCUT2D eigenvalue weighted by Crippen LogP contribution is -2.61. The molecular weight excluding hydrogens is 558 g/mol. The molecule has 43 heavy (non-hydrogen) atoms. The number of rotatable bonds is 5. The van der Waals surface area contributed by atoms with Crippen LogP contribution in [0, 0.1) is 35.5 Å². The van der Waals surface area contributed by atoms with E-state index in [0.29, 0.717) is 12.0 Å². The third-order valence-corrected chi connectivity index (χ3v) is 11.2. The van der Waals surface area contributed by atoms with Crippen LogP contribution in [-0.2, 0) is 19.1 Å². The molecule has 0 aromatic carbocycles. The second-order valence-electron chi connectivity index (χ2n) is 13.3.